The number of benzene rings is 1. The van der Waals surface area contributed by atoms with Crippen LogP contribution in [0.1, 0.15) is 12.5 Å². The molecule has 7 heteroatoms. The van der Waals surface area contributed by atoms with Crippen LogP contribution in [0, 0.1) is 10.1 Å². The highest BCUT2D eigenvalue weighted by Crippen LogP contribution is 2.13. The van der Waals surface area contributed by atoms with Gasteiger partial charge in [0, 0.05) is 43.3 Å². The second-order valence-electron chi connectivity index (χ2n) is 4.96. The maximum atomic E-state index is 12.2. The molecule has 1 amide bonds. The molecule has 1 aliphatic heterocycles. The lowest BCUT2D eigenvalue weighted by Crippen LogP contribution is -2.47. The van der Waals surface area contributed by atoms with Crippen molar-refractivity contribution in [1.82, 2.24) is 10.2 Å². The van der Waals surface area contributed by atoms with Crippen LogP contribution in [0.3, 0.4) is 0 Å². The van der Waals surface area contributed by atoms with E-state index in [2.05, 4.69) is 5.32 Å². The van der Waals surface area contributed by atoms with Gasteiger partial charge >= 0.3 is 0 Å². The third-order valence-electron chi connectivity index (χ3n) is 3.45. The number of nitro groups is 1. The quantitative estimate of drug-likeness (QED) is 0.661. The Hall–Kier alpha value is -1.60. The smallest absolute Gasteiger partial charge is 0.269 e. The molecule has 1 aliphatic rings. The summed E-state index contributed by atoms with van der Waals surface area (Å²) in [7, 11) is 0. The van der Waals surface area contributed by atoms with Gasteiger partial charge in [-0.3, -0.25) is 14.9 Å². The topological polar surface area (TPSA) is 75.5 Å². The summed E-state index contributed by atoms with van der Waals surface area (Å²) >= 11 is 1.87. The number of nitrogens with one attached hydrogen (secondary N) is 1. The Morgan fingerprint density at radius 2 is 2.00 bits per heavy atom. The summed E-state index contributed by atoms with van der Waals surface area (Å²) in [6, 6.07) is 6.12. The third kappa shape index (κ3) is 4.44. The van der Waals surface area contributed by atoms with Gasteiger partial charge in [0.25, 0.3) is 5.69 Å². The van der Waals surface area contributed by atoms with E-state index < -0.39 is 4.92 Å². The number of thioether (sulfide) groups is 1. The van der Waals surface area contributed by atoms with Gasteiger partial charge in [0.1, 0.15) is 0 Å². The molecule has 1 saturated heterocycles. The Morgan fingerprint density at radius 3 is 2.57 bits per heavy atom. The van der Waals surface area contributed by atoms with Crippen LogP contribution in [0.15, 0.2) is 24.3 Å². The van der Waals surface area contributed by atoms with E-state index in [9.17, 15) is 14.9 Å². The van der Waals surface area contributed by atoms with Gasteiger partial charge in [-0.2, -0.15) is 11.8 Å². The minimum atomic E-state index is -0.419. The normalized spacial score (nSPS) is 16.5. The summed E-state index contributed by atoms with van der Waals surface area (Å²) in [5.74, 6) is 2.12. The van der Waals surface area contributed by atoms with Gasteiger partial charge < -0.3 is 10.2 Å². The number of hydrogen-bond donors (Lipinski definition) is 1. The van der Waals surface area contributed by atoms with E-state index in [4.69, 9.17) is 0 Å². The van der Waals surface area contributed by atoms with Gasteiger partial charge in [0.2, 0.25) is 5.91 Å². The molecule has 0 unspecified atom stereocenters. The van der Waals surface area contributed by atoms with Gasteiger partial charge in [0.15, 0.2) is 0 Å². The molecule has 2 rings (SSSR count). The molecular weight excluding hydrogens is 290 g/mol. The van der Waals surface area contributed by atoms with Crippen molar-refractivity contribution in [3.63, 3.8) is 0 Å². The first-order chi connectivity index (χ1) is 10.1. The fourth-order valence-electron chi connectivity index (χ4n) is 2.15. The first kappa shape index (κ1) is 15.8. The van der Waals surface area contributed by atoms with Crippen LogP contribution in [0.25, 0.3) is 0 Å². The summed E-state index contributed by atoms with van der Waals surface area (Å²) in [5.41, 5.74) is 1.00. The van der Waals surface area contributed by atoms with Crippen LogP contribution in [0.4, 0.5) is 5.69 Å². The Kier molecular flexibility index (Phi) is 5.58. The van der Waals surface area contributed by atoms with Crippen LogP contribution in [0.2, 0.25) is 0 Å². The lowest BCUT2D eigenvalue weighted by atomic mass is 10.2. The minimum absolute atomic E-state index is 0.0775. The fraction of sp³-hybridized carbons (Fsp3) is 0.500. The molecule has 6 nitrogen and oxygen atoms in total. The Morgan fingerprint density at radius 1 is 1.38 bits per heavy atom. The number of nitro benzene ring substituents is 1. The number of carbonyl (C=O) groups excluding carboxylic acids is 1. The fourth-order valence-corrected chi connectivity index (χ4v) is 3.05. The van der Waals surface area contributed by atoms with Crippen molar-refractivity contribution in [1.29, 1.82) is 0 Å². The lowest BCUT2D eigenvalue weighted by molar-refractivity contribution is -0.384. The van der Waals surface area contributed by atoms with E-state index in [-0.39, 0.29) is 17.6 Å². The van der Waals surface area contributed by atoms with Gasteiger partial charge in [0.05, 0.1) is 11.0 Å². The highest BCUT2D eigenvalue weighted by molar-refractivity contribution is 7.99. The molecule has 1 heterocycles. The van der Waals surface area contributed by atoms with Gasteiger partial charge in [-0.25, -0.2) is 0 Å². The third-order valence-corrected chi connectivity index (χ3v) is 4.40. The molecular formula is C14H19N3O3S. The zero-order chi connectivity index (χ0) is 15.2. The maximum absolute atomic E-state index is 12.2. The molecule has 0 aromatic heterocycles. The number of carbonyl (C=O) groups is 1. The number of rotatable bonds is 5. The average Bonchev–Trinajstić information content (AvgIpc) is 2.53. The van der Waals surface area contributed by atoms with Crippen molar-refractivity contribution in [2.75, 3.05) is 24.6 Å². The van der Waals surface area contributed by atoms with Crippen molar-refractivity contribution in [3.05, 3.63) is 39.9 Å². The molecule has 0 bridgehead atoms. The number of non-ortho nitro benzene ring substituents is 1. The maximum Gasteiger partial charge on any atom is 0.269 e. The second-order valence-corrected chi connectivity index (χ2v) is 6.19. The van der Waals surface area contributed by atoms with E-state index >= 15 is 0 Å². The molecule has 114 valence electrons. The van der Waals surface area contributed by atoms with Crippen molar-refractivity contribution in [3.8, 4) is 0 Å². The SMILES string of the molecule is C[C@H](NCc1ccc([N+](=O)[O-])cc1)C(=O)N1CCSCC1. The molecule has 1 aromatic rings. The van der Waals surface area contributed by atoms with Crippen molar-refractivity contribution in [2.24, 2.45) is 0 Å². The largest absolute Gasteiger partial charge is 0.340 e. The molecule has 1 N–H and O–H groups in total. The standard InChI is InChI=1S/C14H19N3O3S/c1-11(14(18)16-6-8-21-9-7-16)15-10-12-2-4-13(5-3-12)17(19)20/h2-5,11,15H,6-10H2,1H3/t11-/m0/s1. The first-order valence-corrected chi connectivity index (χ1v) is 8.06. The van der Waals surface area contributed by atoms with Crippen molar-refractivity contribution >= 4 is 23.4 Å². The molecule has 0 radical (unpaired) electrons. The highest BCUT2D eigenvalue weighted by Gasteiger charge is 2.21. The second kappa shape index (κ2) is 7.42. The molecule has 1 atom stereocenters. The van der Waals surface area contributed by atoms with Gasteiger partial charge in [-0.15, -0.1) is 0 Å². The number of amides is 1. The molecule has 0 aliphatic carbocycles. The van der Waals surface area contributed by atoms with E-state index in [1.54, 1.807) is 12.1 Å². The van der Waals surface area contributed by atoms with Crippen molar-refractivity contribution in [2.45, 2.75) is 19.5 Å². The van der Waals surface area contributed by atoms with Crippen LogP contribution >= 0.6 is 11.8 Å². The Labute approximate surface area is 128 Å². The van der Waals surface area contributed by atoms with Crippen LogP contribution in [-0.4, -0.2) is 46.4 Å². The zero-order valence-corrected chi connectivity index (χ0v) is 12.8. The summed E-state index contributed by atoms with van der Waals surface area (Å²) in [6.07, 6.45) is 0. The number of hydrogen-bond acceptors (Lipinski definition) is 5. The molecule has 0 saturated carbocycles. The monoisotopic (exact) mass is 309 g/mol. The molecule has 0 spiro atoms. The molecule has 1 fully saturated rings. The van der Waals surface area contributed by atoms with Crippen LogP contribution < -0.4 is 5.32 Å². The Balaban J connectivity index is 1.83. The van der Waals surface area contributed by atoms with Gasteiger partial charge in [-0.1, -0.05) is 12.1 Å². The summed E-state index contributed by atoms with van der Waals surface area (Å²) in [5, 5.41) is 13.8. The summed E-state index contributed by atoms with van der Waals surface area (Å²) < 4.78 is 0. The first-order valence-electron chi connectivity index (χ1n) is 6.91. The predicted octanol–water partition coefficient (Wildman–Crippen LogP) is 1.65. The van der Waals surface area contributed by atoms with Gasteiger partial charge in [-0.05, 0) is 12.5 Å². The van der Waals surface area contributed by atoms with E-state index in [0.29, 0.717) is 6.54 Å². The average molecular weight is 309 g/mol. The number of nitrogens with zero attached hydrogens (tertiary/aromatic N) is 2. The van der Waals surface area contributed by atoms with Crippen LogP contribution in [0.5, 0.6) is 0 Å². The minimum Gasteiger partial charge on any atom is -0.340 e. The van der Waals surface area contributed by atoms with E-state index in [1.807, 2.05) is 23.6 Å². The molecule has 1 aromatic carbocycles. The zero-order valence-electron chi connectivity index (χ0n) is 11.9. The molecule has 21 heavy (non-hydrogen) atoms. The van der Waals surface area contributed by atoms with Crippen molar-refractivity contribution < 1.29 is 9.72 Å². The Bertz CT molecular complexity index is 501. The lowest BCUT2D eigenvalue weighted by Gasteiger charge is -2.29. The van der Waals surface area contributed by atoms with E-state index in [1.165, 1.54) is 12.1 Å². The highest BCUT2D eigenvalue weighted by atomic mass is 32.2. The van der Waals surface area contributed by atoms with Crippen LogP contribution in [-0.2, 0) is 11.3 Å². The van der Waals surface area contributed by atoms with E-state index in [0.717, 1.165) is 30.2 Å². The summed E-state index contributed by atoms with van der Waals surface area (Å²) in [6.45, 7) is 4.00. The summed E-state index contributed by atoms with van der Waals surface area (Å²) in [4.78, 5) is 24.3. The predicted molar refractivity (Wildman–Crippen MR) is 83.3 cm³/mol.